The molecule has 0 spiro atoms. The van der Waals surface area contributed by atoms with E-state index in [-0.39, 0.29) is 16.9 Å². The molecule has 8 nitrogen and oxygen atoms in total. The van der Waals surface area contributed by atoms with Crippen LogP contribution in [0.4, 0.5) is 5.13 Å². The fourth-order valence-corrected chi connectivity index (χ4v) is 5.20. The van der Waals surface area contributed by atoms with E-state index < -0.39 is 10.0 Å². The second-order valence-corrected chi connectivity index (χ2v) is 10.1. The van der Waals surface area contributed by atoms with Gasteiger partial charge in [0.05, 0.1) is 16.7 Å². The maximum absolute atomic E-state index is 12.8. The van der Waals surface area contributed by atoms with Crippen molar-refractivity contribution in [3.63, 3.8) is 0 Å². The number of hydrogen-bond acceptors (Lipinski definition) is 7. The molecule has 162 valence electrons. The van der Waals surface area contributed by atoms with E-state index in [1.54, 1.807) is 19.4 Å². The van der Waals surface area contributed by atoms with Crippen LogP contribution >= 0.6 is 11.3 Å². The molecule has 1 N–H and O–H groups in total. The summed E-state index contributed by atoms with van der Waals surface area (Å²) in [6, 6.07) is 9.57. The Balaban J connectivity index is 1.41. The molecular formula is C21H22N4O4S2. The maximum Gasteiger partial charge on any atom is 0.257 e. The van der Waals surface area contributed by atoms with Gasteiger partial charge in [-0.1, -0.05) is 0 Å². The molecule has 4 rings (SSSR count). The molecule has 10 heteroatoms. The van der Waals surface area contributed by atoms with E-state index in [2.05, 4.69) is 15.3 Å². The lowest BCUT2D eigenvalue weighted by Gasteiger charge is -2.20. The topological polar surface area (TPSA) is 101 Å². The Morgan fingerprint density at radius 1 is 1.23 bits per heavy atom. The number of amides is 1. The van der Waals surface area contributed by atoms with Crippen molar-refractivity contribution in [3.05, 3.63) is 59.7 Å². The number of likely N-dealkylation sites (N-methyl/N-ethyl adjacent to an activating group) is 1. The smallest absolute Gasteiger partial charge is 0.257 e. The van der Waals surface area contributed by atoms with Gasteiger partial charge >= 0.3 is 0 Å². The zero-order valence-corrected chi connectivity index (χ0v) is 18.5. The highest BCUT2D eigenvalue weighted by molar-refractivity contribution is 7.89. The van der Waals surface area contributed by atoms with Crippen molar-refractivity contribution >= 4 is 32.4 Å². The third-order valence-electron chi connectivity index (χ3n) is 5.01. The molecule has 0 bridgehead atoms. The van der Waals surface area contributed by atoms with Crippen LogP contribution in [0, 0.1) is 0 Å². The lowest BCUT2D eigenvalue weighted by molar-refractivity contribution is 0.0979. The molecule has 31 heavy (non-hydrogen) atoms. The number of aromatic nitrogens is 2. The summed E-state index contributed by atoms with van der Waals surface area (Å²) in [7, 11) is -2.11. The molecule has 1 fully saturated rings. The number of rotatable bonds is 7. The number of benzene rings is 1. The summed E-state index contributed by atoms with van der Waals surface area (Å²) >= 11 is 1.32. The van der Waals surface area contributed by atoms with Gasteiger partial charge in [0, 0.05) is 49.1 Å². The van der Waals surface area contributed by atoms with Crippen molar-refractivity contribution in [1.29, 1.82) is 0 Å². The summed E-state index contributed by atoms with van der Waals surface area (Å²) in [5, 5.41) is 5.07. The molecule has 1 saturated heterocycles. The highest BCUT2D eigenvalue weighted by Crippen LogP contribution is 2.25. The standard InChI is InChI=1S/C21H22N4O4S2/c1-25(13-17-3-2-12-29-17)31(27,28)18-6-4-16(5-7-18)20(26)24-21-23-19(14-30-21)15-8-10-22-11-9-15/h4-11,14,17H,2-3,12-13H2,1H3,(H,23,24,26). The van der Waals surface area contributed by atoms with Crippen LogP contribution < -0.4 is 5.32 Å². The largest absolute Gasteiger partial charge is 0.377 e. The van der Waals surface area contributed by atoms with Crippen molar-refractivity contribution in [1.82, 2.24) is 14.3 Å². The van der Waals surface area contributed by atoms with Crippen LogP contribution in [0.1, 0.15) is 23.2 Å². The number of ether oxygens (including phenoxy) is 1. The van der Waals surface area contributed by atoms with Crippen LogP contribution in [0.5, 0.6) is 0 Å². The van der Waals surface area contributed by atoms with Gasteiger partial charge in [-0.05, 0) is 49.2 Å². The van der Waals surface area contributed by atoms with Gasteiger partial charge in [-0.15, -0.1) is 11.3 Å². The van der Waals surface area contributed by atoms with Gasteiger partial charge in [0.15, 0.2) is 5.13 Å². The number of thiazole rings is 1. The summed E-state index contributed by atoms with van der Waals surface area (Å²) in [5.74, 6) is -0.354. The van der Waals surface area contributed by atoms with Crippen molar-refractivity contribution in [2.75, 3.05) is 25.5 Å². The molecule has 1 atom stereocenters. The third kappa shape index (κ3) is 4.99. The molecular weight excluding hydrogens is 436 g/mol. The fraction of sp³-hybridized carbons (Fsp3) is 0.286. The van der Waals surface area contributed by atoms with Crippen molar-refractivity contribution in [2.45, 2.75) is 23.8 Å². The van der Waals surface area contributed by atoms with Crippen LogP contribution in [0.3, 0.4) is 0 Å². The first-order chi connectivity index (χ1) is 14.9. The predicted octanol–water partition coefficient (Wildman–Crippen LogP) is 3.26. The normalized spacial score (nSPS) is 16.5. The van der Waals surface area contributed by atoms with E-state index in [4.69, 9.17) is 4.74 Å². The number of carbonyl (C=O) groups is 1. The molecule has 3 heterocycles. The highest BCUT2D eigenvalue weighted by atomic mass is 32.2. The van der Waals surface area contributed by atoms with Gasteiger partial charge in [0.1, 0.15) is 0 Å². The minimum atomic E-state index is -3.65. The zero-order chi connectivity index (χ0) is 21.8. The summed E-state index contributed by atoms with van der Waals surface area (Å²) in [5.41, 5.74) is 2.01. The Labute approximate surface area is 185 Å². The Morgan fingerprint density at radius 2 is 1.97 bits per heavy atom. The minimum absolute atomic E-state index is 0.0693. The van der Waals surface area contributed by atoms with Crippen molar-refractivity contribution in [3.8, 4) is 11.3 Å². The van der Waals surface area contributed by atoms with Crippen molar-refractivity contribution in [2.24, 2.45) is 0 Å². The van der Waals surface area contributed by atoms with Gasteiger partial charge in [-0.3, -0.25) is 15.1 Å². The van der Waals surface area contributed by atoms with Gasteiger partial charge in [0.2, 0.25) is 10.0 Å². The second-order valence-electron chi connectivity index (χ2n) is 7.17. The van der Waals surface area contributed by atoms with E-state index in [9.17, 15) is 13.2 Å². The summed E-state index contributed by atoms with van der Waals surface area (Å²) in [6.45, 7) is 0.986. The Kier molecular flexibility index (Phi) is 6.42. The van der Waals surface area contributed by atoms with Crippen LogP contribution in [0.15, 0.2) is 59.1 Å². The van der Waals surface area contributed by atoms with Gasteiger partial charge < -0.3 is 4.74 Å². The molecule has 3 aromatic rings. The molecule has 0 aliphatic carbocycles. The van der Waals surface area contributed by atoms with Crippen LogP contribution in [-0.4, -0.2) is 54.9 Å². The first kappa shape index (κ1) is 21.6. The molecule has 2 aromatic heterocycles. The Morgan fingerprint density at radius 3 is 2.65 bits per heavy atom. The number of pyridine rings is 1. The minimum Gasteiger partial charge on any atom is -0.377 e. The van der Waals surface area contributed by atoms with Gasteiger partial charge in [-0.2, -0.15) is 4.31 Å². The highest BCUT2D eigenvalue weighted by Gasteiger charge is 2.26. The molecule has 1 unspecified atom stereocenters. The molecule has 1 aliphatic heterocycles. The van der Waals surface area contributed by atoms with Gasteiger partial charge in [0.25, 0.3) is 5.91 Å². The van der Waals surface area contributed by atoms with E-state index >= 15 is 0 Å². The Hall–Kier alpha value is -2.66. The molecule has 1 aliphatic rings. The summed E-state index contributed by atoms with van der Waals surface area (Å²) < 4.78 is 32.4. The summed E-state index contributed by atoms with van der Waals surface area (Å²) in [6.07, 6.45) is 5.10. The van der Waals surface area contributed by atoms with Crippen molar-refractivity contribution < 1.29 is 17.9 Å². The number of nitrogens with one attached hydrogen (secondary N) is 1. The average Bonchev–Trinajstić information content (AvgIpc) is 3.46. The van der Waals surface area contributed by atoms with E-state index in [1.807, 2.05) is 17.5 Å². The monoisotopic (exact) mass is 458 g/mol. The molecule has 1 amide bonds. The number of nitrogens with zero attached hydrogens (tertiary/aromatic N) is 3. The maximum atomic E-state index is 12.8. The van der Waals surface area contributed by atoms with Gasteiger partial charge in [-0.25, -0.2) is 13.4 Å². The number of sulfonamides is 1. The fourth-order valence-electron chi connectivity index (χ4n) is 3.29. The lowest BCUT2D eigenvalue weighted by Crippen LogP contribution is -2.34. The van der Waals surface area contributed by atoms with Crippen LogP contribution in [-0.2, 0) is 14.8 Å². The first-order valence-electron chi connectivity index (χ1n) is 9.79. The molecule has 1 aromatic carbocycles. The van der Waals surface area contributed by atoms with E-state index in [0.29, 0.717) is 23.8 Å². The Bertz CT molecular complexity index is 1140. The first-order valence-corrected chi connectivity index (χ1v) is 12.1. The number of carbonyl (C=O) groups excluding carboxylic acids is 1. The zero-order valence-electron chi connectivity index (χ0n) is 16.9. The predicted molar refractivity (Wildman–Crippen MR) is 119 cm³/mol. The quantitative estimate of drug-likeness (QED) is 0.583. The number of anilines is 1. The van der Waals surface area contributed by atoms with E-state index in [0.717, 1.165) is 24.1 Å². The second kappa shape index (κ2) is 9.23. The van der Waals surface area contributed by atoms with Crippen LogP contribution in [0.2, 0.25) is 0 Å². The SMILES string of the molecule is CN(CC1CCCO1)S(=O)(=O)c1ccc(C(=O)Nc2nc(-c3ccncc3)cs2)cc1. The molecule has 0 radical (unpaired) electrons. The van der Waals surface area contributed by atoms with E-state index in [1.165, 1.54) is 39.9 Å². The lowest BCUT2D eigenvalue weighted by atomic mass is 10.2. The average molecular weight is 459 g/mol. The summed E-state index contributed by atoms with van der Waals surface area (Å²) in [4.78, 5) is 21.1. The van der Waals surface area contributed by atoms with Crippen LogP contribution in [0.25, 0.3) is 11.3 Å². The number of hydrogen-bond donors (Lipinski definition) is 1. The molecule has 0 saturated carbocycles. The third-order valence-corrected chi connectivity index (χ3v) is 7.61.